The number of ether oxygens (including phenoxy) is 1. The lowest BCUT2D eigenvalue weighted by Crippen LogP contribution is -2.29. The van der Waals surface area contributed by atoms with Crippen LogP contribution in [0.15, 0.2) is 27.8 Å². The summed E-state index contributed by atoms with van der Waals surface area (Å²) >= 11 is 1.32. The molecule has 3 rings (SSSR count). The minimum absolute atomic E-state index is 0.155. The molecule has 25 heavy (non-hydrogen) atoms. The van der Waals surface area contributed by atoms with Gasteiger partial charge in [-0.2, -0.15) is 0 Å². The van der Waals surface area contributed by atoms with Gasteiger partial charge in [-0.1, -0.05) is 11.3 Å². The number of amides is 1. The molecule has 3 aromatic rings. The quantitative estimate of drug-likeness (QED) is 0.638. The molecule has 0 unspecified atom stereocenters. The molecule has 1 amide bonds. The van der Waals surface area contributed by atoms with E-state index < -0.39 is 11.2 Å². The van der Waals surface area contributed by atoms with Crippen LogP contribution >= 0.6 is 11.3 Å². The van der Waals surface area contributed by atoms with Crippen LogP contribution in [0.25, 0.3) is 10.2 Å². The Hall–Kier alpha value is -2.94. The molecule has 8 nitrogen and oxygen atoms in total. The average molecular weight is 360 g/mol. The molecule has 0 aliphatic carbocycles. The number of carbonyl (C=O) groups excluding carboxylic acids is 1. The topological polar surface area (TPSA) is 117 Å². The molecule has 0 radical (unpaired) electrons. The largest absolute Gasteiger partial charge is 0.494 e. The number of aryl methyl sites for hydroxylation is 1. The first-order chi connectivity index (χ1) is 12.0. The molecule has 0 bridgehead atoms. The number of nitrogens with zero attached hydrogens (tertiary/aromatic N) is 1. The fraction of sp³-hybridized carbons (Fsp3) is 0.250. The number of anilines is 1. The predicted octanol–water partition coefficient (Wildman–Crippen LogP) is 1.56. The fourth-order valence-electron chi connectivity index (χ4n) is 2.38. The standard InChI is InChI=1S/C16H16N4O4S/c1-3-24-9-4-5-11-12(6-9)25-16(18-11)19-13(21)7-10-8(2)17-15(23)20-14(10)22/h4-6H,3,7H2,1-2H3,(H,18,19,21)(H2,17,20,22,23). The number of carbonyl (C=O) groups is 1. The van der Waals surface area contributed by atoms with Gasteiger partial charge < -0.3 is 15.0 Å². The van der Waals surface area contributed by atoms with Crippen LogP contribution in [0, 0.1) is 6.92 Å². The average Bonchev–Trinajstić information content (AvgIpc) is 2.92. The molecule has 1 aromatic carbocycles. The van der Waals surface area contributed by atoms with Crippen LogP contribution in [0.2, 0.25) is 0 Å². The third kappa shape index (κ3) is 3.77. The molecule has 0 aliphatic rings. The number of H-pyrrole nitrogens is 2. The van der Waals surface area contributed by atoms with E-state index in [0.29, 0.717) is 17.4 Å². The van der Waals surface area contributed by atoms with Crippen LogP contribution in [0.1, 0.15) is 18.2 Å². The summed E-state index contributed by atoms with van der Waals surface area (Å²) in [4.78, 5) is 44.1. The summed E-state index contributed by atoms with van der Waals surface area (Å²) < 4.78 is 6.33. The van der Waals surface area contributed by atoms with Gasteiger partial charge in [0.05, 0.1) is 23.2 Å². The van der Waals surface area contributed by atoms with Crippen molar-refractivity contribution >= 4 is 32.6 Å². The first-order valence-electron chi connectivity index (χ1n) is 7.61. The Balaban J connectivity index is 1.78. The van der Waals surface area contributed by atoms with E-state index in [1.165, 1.54) is 11.3 Å². The highest BCUT2D eigenvalue weighted by atomic mass is 32.1. The van der Waals surface area contributed by atoms with Gasteiger partial charge in [-0.05, 0) is 32.0 Å². The molecule has 130 valence electrons. The minimum atomic E-state index is -0.595. The van der Waals surface area contributed by atoms with Crippen molar-refractivity contribution in [1.82, 2.24) is 15.0 Å². The van der Waals surface area contributed by atoms with Crippen molar-refractivity contribution in [3.05, 3.63) is 50.3 Å². The molecule has 0 saturated heterocycles. The Morgan fingerprint density at radius 1 is 1.32 bits per heavy atom. The van der Waals surface area contributed by atoms with Gasteiger partial charge in [-0.3, -0.25) is 14.6 Å². The molecule has 2 aromatic heterocycles. The van der Waals surface area contributed by atoms with Gasteiger partial charge in [0.1, 0.15) is 5.75 Å². The number of benzene rings is 1. The Morgan fingerprint density at radius 3 is 2.84 bits per heavy atom. The Labute approximate surface area is 145 Å². The second-order valence-electron chi connectivity index (χ2n) is 5.32. The van der Waals surface area contributed by atoms with Crippen LogP contribution in [0.3, 0.4) is 0 Å². The van der Waals surface area contributed by atoms with Crippen LogP contribution in [0.4, 0.5) is 5.13 Å². The van der Waals surface area contributed by atoms with Crippen molar-refractivity contribution in [1.29, 1.82) is 0 Å². The van der Waals surface area contributed by atoms with E-state index in [4.69, 9.17) is 4.74 Å². The molecule has 0 atom stereocenters. The van der Waals surface area contributed by atoms with Gasteiger partial charge in [-0.15, -0.1) is 0 Å². The summed E-state index contributed by atoms with van der Waals surface area (Å²) in [6.07, 6.45) is -0.155. The molecular formula is C16H16N4O4S. The number of aromatic nitrogens is 3. The second-order valence-corrected chi connectivity index (χ2v) is 6.35. The lowest BCUT2D eigenvalue weighted by Gasteiger charge is -2.03. The first-order valence-corrected chi connectivity index (χ1v) is 8.43. The van der Waals surface area contributed by atoms with E-state index in [1.54, 1.807) is 6.92 Å². The number of fused-ring (bicyclic) bond motifs is 1. The monoisotopic (exact) mass is 360 g/mol. The highest BCUT2D eigenvalue weighted by Crippen LogP contribution is 2.29. The van der Waals surface area contributed by atoms with E-state index >= 15 is 0 Å². The maximum Gasteiger partial charge on any atom is 0.325 e. The normalized spacial score (nSPS) is 10.8. The maximum absolute atomic E-state index is 12.2. The van der Waals surface area contributed by atoms with Crippen molar-refractivity contribution in [3.8, 4) is 5.75 Å². The van der Waals surface area contributed by atoms with Crippen LogP contribution in [0.5, 0.6) is 5.75 Å². The maximum atomic E-state index is 12.2. The summed E-state index contributed by atoms with van der Waals surface area (Å²) in [5.41, 5.74) is 0.179. The molecular weight excluding hydrogens is 344 g/mol. The summed E-state index contributed by atoms with van der Waals surface area (Å²) in [5, 5.41) is 3.12. The zero-order valence-corrected chi connectivity index (χ0v) is 14.5. The van der Waals surface area contributed by atoms with E-state index in [0.717, 1.165) is 16.0 Å². The van der Waals surface area contributed by atoms with Crippen molar-refractivity contribution in [2.75, 3.05) is 11.9 Å². The molecule has 3 N–H and O–H groups in total. The third-order valence-electron chi connectivity index (χ3n) is 3.51. The van der Waals surface area contributed by atoms with E-state index in [9.17, 15) is 14.4 Å². The molecule has 0 saturated carbocycles. The number of aromatic amines is 2. The van der Waals surface area contributed by atoms with Crippen LogP contribution in [-0.4, -0.2) is 27.5 Å². The van der Waals surface area contributed by atoms with Gasteiger partial charge in [0.15, 0.2) is 5.13 Å². The summed E-state index contributed by atoms with van der Waals surface area (Å²) in [5.74, 6) is 0.358. The highest BCUT2D eigenvalue weighted by Gasteiger charge is 2.13. The Kier molecular flexibility index (Phi) is 4.66. The zero-order valence-electron chi connectivity index (χ0n) is 13.6. The third-order valence-corrected chi connectivity index (χ3v) is 4.44. The van der Waals surface area contributed by atoms with Crippen molar-refractivity contribution < 1.29 is 9.53 Å². The van der Waals surface area contributed by atoms with E-state index in [-0.39, 0.29) is 17.9 Å². The number of rotatable bonds is 5. The van der Waals surface area contributed by atoms with Gasteiger partial charge >= 0.3 is 5.69 Å². The van der Waals surface area contributed by atoms with Gasteiger partial charge in [0, 0.05) is 11.3 Å². The molecule has 0 spiro atoms. The summed E-state index contributed by atoms with van der Waals surface area (Å²) in [6.45, 7) is 4.05. The summed E-state index contributed by atoms with van der Waals surface area (Å²) in [6, 6.07) is 5.51. The summed E-state index contributed by atoms with van der Waals surface area (Å²) in [7, 11) is 0. The Morgan fingerprint density at radius 2 is 2.12 bits per heavy atom. The molecule has 0 fully saturated rings. The second kappa shape index (κ2) is 6.89. The van der Waals surface area contributed by atoms with E-state index in [2.05, 4.69) is 20.3 Å². The smallest absolute Gasteiger partial charge is 0.325 e. The van der Waals surface area contributed by atoms with Gasteiger partial charge in [0.2, 0.25) is 5.91 Å². The van der Waals surface area contributed by atoms with Gasteiger partial charge in [-0.25, -0.2) is 9.78 Å². The molecule has 9 heteroatoms. The minimum Gasteiger partial charge on any atom is -0.494 e. The van der Waals surface area contributed by atoms with Gasteiger partial charge in [0.25, 0.3) is 5.56 Å². The lowest BCUT2D eigenvalue weighted by atomic mass is 10.1. The van der Waals surface area contributed by atoms with E-state index in [1.807, 2.05) is 25.1 Å². The van der Waals surface area contributed by atoms with Crippen LogP contribution in [-0.2, 0) is 11.2 Å². The van der Waals surface area contributed by atoms with Crippen molar-refractivity contribution in [2.24, 2.45) is 0 Å². The Bertz CT molecular complexity index is 1050. The predicted molar refractivity (Wildman–Crippen MR) is 95.5 cm³/mol. The highest BCUT2D eigenvalue weighted by molar-refractivity contribution is 7.22. The number of nitrogens with one attached hydrogen (secondary N) is 3. The fourth-order valence-corrected chi connectivity index (χ4v) is 3.29. The first kappa shape index (κ1) is 16.9. The number of hydrogen-bond acceptors (Lipinski definition) is 6. The van der Waals surface area contributed by atoms with Crippen LogP contribution < -0.4 is 21.3 Å². The number of thiazole rings is 1. The zero-order chi connectivity index (χ0) is 18.0. The van der Waals surface area contributed by atoms with Crippen molar-refractivity contribution in [3.63, 3.8) is 0 Å². The molecule has 2 heterocycles. The van der Waals surface area contributed by atoms with Crippen molar-refractivity contribution in [2.45, 2.75) is 20.3 Å². The SMILES string of the molecule is CCOc1ccc2nc(NC(=O)Cc3c(C)[nH]c(=O)[nH]c3=O)sc2c1. The molecule has 0 aliphatic heterocycles. The lowest BCUT2D eigenvalue weighted by molar-refractivity contribution is -0.115. The number of hydrogen-bond donors (Lipinski definition) is 3.